The summed E-state index contributed by atoms with van der Waals surface area (Å²) in [7, 11) is 0. The number of thioether (sulfide) groups is 1. The van der Waals surface area contributed by atoms with Gasteiger partial charge in [-0.3, -0.25) is 0 Å². The van der Waals surface area contributed by atoms with Crippen molar-refractivity contribution in [2.24, 2.45) is 0 Å². The van der Waals surface area contributed by atoms with E-state index in [1.54, 1.807) is 12.1 Å². The van der Waals surface area contributed by atoms with Gasteiger partial charge in [-0.1, -0.05) is 77.0 Å². The maximum atomic E-state index is 11.1. The van der Waals surface area contributed by atoms with Crippen molar-refractivity contribution in [2.75, 3.05) is 0 Å². The highest BCUT2D eigenvalue weighted by molar-refractivity contribution is 7.99. The number of hydrogen-bond acceptors (Lipinski definition) is 2. The molecule has 0 aliphatic heterocycles. The van der Waals surface area contributed by atoms with E-state index in [9.17, 15) is 4.79 Å². The van der Waals surface area contributed by atoms with Crippen LogP contribution in [0.2, 0.25) is 0 Å². The van der Waals surface area contributed by atoms with Crippen molar-refractivity contribution < 1.29 is 9.90 Å². The van der Waals surface area contributed by atoms with Crippen LogP contribution in [-0.4, -0.2) is 16.3 Å². The molecule has 2 aliphatic carbocycles. The summed E-state index contributed by atoms with van der Waals surface area (Å²) in [6.07, 6.45) is 12.3. The molecule has 0 unspecified atom stereocenters. The molecule has 3 heteroatoms. The predicted octanol–water partition coefficient (Wildman–Crippen LogP) is 8.08. The van der Waals surface area contributed by atoms with Crippen molar-refractivity contribution in [3.05, 3.63) is 69.8 Å². The summed E-state index contributed by atoms with van der Waals surface area (Å²) in [5.74, 6) is 0.179. The molecule has 1 fully saturated rings. The van der Waals surface area contributed by atoms with Crippen LogP contribution in [0.4, 0.5) is 0 Å². The lowest BCUT2D eigenvalue weighted by Gasteiger charge is -2.42. The molecular formula is C29H36O2S. The zero-order valence-corrected chi connectivity index (χ0v) is 20.7. The second-order valence-corrected chi connectivity index (χ2v) is 12.1. The second-order valence-electron chi connectivity index (χ2n) is 10.8. The summed E-state index contributed by atoms with van der Waals surface area (Å²) < 4.78 is 0. The van der Waals surface area contributed by atoms with Crippen LogP contribution in [0.3, 0.4) is 0 Å². The van der Waals surface area contributed by atoms with Crippen molar-refractivity contribution in [3.63, 3.8) is 0 Å². The Morgan fingerprint density at radius 3 is 2.16 bits per heavy atom. The number of carbonyl (C=O) groups is 1. The van der Waals surface area contributed by atoms with E-state index in [1.807, 2.05) is 12.1 Å². The van der Waals surface area contributed by atoms with E-state index < -0.39 is 5.97 Å². The Hall–Kier alpha value is -2.00. The van der Waals surface area contributed by atoms with Crippen molar-refractivity contribution in [1.82, 2.24) is 0 Å². The van der Waals surface area contributed by atoms with Gasteiger partial charge >= 0.3 is 5.97 Å². The molecule has 0 bridgehead atoms. The van der Waals surface area contributed by atoms with Crippen molar-refractivity contribution in [1.29, 1.82) is 0 Å². The smallest absolute Gasteiger partial charge is 0.335 e. The highest BCUT2D eigenvalue weighted by Gasteiger charge is 2.37. The second kappa shape index (κ2) is 9.09. The Balaban J connectivity index is 1.70. The molecule has 2 nitrogen and oxygen atoms in total. The van der Waals surface area contributed by atoms with E-state index in [0.717, 1.165) is 16.6 Å². The number of carboxylic acid groups (broad SMARTS) is 1. The number of benzene rings is 2. The summed E-state index contributed by atoms with van der Waals surface area (Å²) >= 11 is 2.13. The highest BCUT2D eigenvalue weighted by atomic mass is 32.2. The Bertz CT molecular complexity index is 1010. The van der Waals surface area contributed by atoms with Gasteiger partial charge in [0.2, 0.25) is 0 Å². The summed E-state index contributed by atoms with van der Waals surface area (Å²) in [5, 5.41) is 9.95. The van der Waals surface area contributed by atoms with Crippen LogP contribution in [0, 0.1) is 0 Å². The molecule has 0 atom stereocenters. The van der Waals surface area contributed by atoms with Gasteiger partial charge in [-0.05, 0) is 76.5 Å². The van der Waals surface area contributed by atoms with Gasteiger partial charge in [0.25, 0.3) is 0 Å². The number of fused-ring (bicyclic) bond motifs is 1. The number of carboxylic acids is 1. The first-order valence-electron chi connectivity index (χ1n) is 12.0. The molecule has 1 saturated carbocycles. The van der Waals surface area contributed by atoms with Crippen LogP contribution in [0.15, 0.2) is 36.4 Å². The number of rotatable bonds is 6. The molecule has 1 N–H and O–H groups in total. The quantitative estimate of drug-likeness (QED) is 0.454. The zero-order chi connectivity index (χ0) is 22.9. The molecule has 170 valence electrons. The minimum Gasteiger partial charge on any atom is -0.478 e. The van der Waals surface area contributed by atoms with Gasteiger partial charge in [0.05, 0.1) is 5.56 Å². The van der Waals surface area contributed by atoms with Gasteiger partial charge in [0.1, 0.15) is 0 Å². The van der Waals surface area contributed by atoms with Crippen LogP contribution in [0.5, 0.6) is 0 Å². The topological polar surface area (TPSA) is 37.3 Å². The average molecular weight is 449 g/mol. The monoisotopic (exact) mass is 448 g/mol. The van der Waals surface area contributed by atoms with E-state index in [4.69, 9.17) is 5.11 Å². The SMILES string of the molecule is CC1(C)CCC(C)(C)c2cc(CSC3CCCC3)c(C=Cc3ccc(C(=O)O)cc3)cc21. The first-order valence-corrected chi connectivity index (χ1v) is 13.0. The van der Waals surface area contributed by atoms with Gasteiger partial charge < -0.3 is 5.11 Å². The van der Waals surface area contributed by atoms with E-state index >= 15 is 0 Å². The van der Waals surface area contributed by atoms with Crippen LogP contribution in [-0.2, 0) is 16.6 Å². The van der Waals surface area contributed by atoms with E-state index in [0.29, 0.717) is 5.56 Å². The Morgan fingerprint density at radius 1 is 0.969 bits per heavy atom. The van der Waals surface area contributed by atoms with Crippen LogP contribution in [0.25, 0.3) is 12.2 Å². The maximum Gasteiger partial charge on any atom is 0.335 e. The number of aromatic carboxylic acids is 1. The summed E-state index contributed by atoms with van der Waals surface area (Å²) in [4.78, 5) is 11.1. The fourth-order valence-corrected chi connectivity index (χ4v) is 6.47. The van der Waals surface area contributed by atoms with Crippen LogP contribution in [0.1, 0.15) is 104 Å². The fraction of sp³-hybridized carbons (Fsp3) is 0.483. The molecule has 2 aromatic rings. The lowest BCUT2D eigenvalue weighted by atomic mass is 9.62. The number of hydrogen-bond donors (Lipinski definition) is 1. The third-order valence-electron chi connectivity index (χ3n) is 7.50. The van der Waals surface area contributed by atoms with E-state index in [1.165, 1.54) is 60.8 Å². The molecule has 2 aromatic carbocycles. The van der Waals surface area contributed by atoms with Gasteiger partial charge in [-0.2, -0.15) is 11.8 Å². The lowest BCUT2D eigenvalue weighted by Crippen LogP contribution is -2.34. The van der Waals surface area contributed by atoms with Crippen LogP contribution < -0.4 is 0 Å². The lowest BCUT2D eigenvalue weighted by molar-refractivity contribution is 0.0697. The molecule has 32 heavy (non-hydrogen) atoms. The minimum absolute atomic E-state index is 0.188. The summed E-state index contributed by atoms with van der Waals surface area (Å²) in [5.41, 5.74) is 7.52. The first-order chi connectivity index (χ1) is 15.2. The molecule has 0 saturated heterocycles. The Kier molecular flexibility index (Phi) is 6.58. The van der Waals surface area contributed by atoms with Gasteiger partial charge in [0.15, 0.2) is 0 Å². The minimum atomic E-state index is -0.883. The largest absolute Gasteiger partial charge is 0.478 e. The molecule has 0 spiro atoms. The third-order valence-corrected chi connectivity index (χ3v) is 8.92. The average Bonchev–Trinajstić information content (AvgIpc) is 3.28. The molecule has 2 aliphatic rings. The first kappa shape index (κ1) is 23.2. The van der Waals surface area contributed by atoms with Gasteiger partial charge in [-0.15, -0.1) is 0 Å². The summed E-state index contributed by atoms with van der Waals surface area (Å²) in [6, 6.07) is 12.1. The molecule has 0 aromatic heterocycles. The van der Waals surface area contributed by atoms with Crippen LogP contribution >= 0.6 is 11.8 Å². The van der Waals surface area contributed by atoms with Gasteiger partial charge in [-0.25, -0.2) is 4.79 Å². The zero-order valence-electron chi connectivity index (χ0n) is 19.9. The predicted molar refractivity (Wildman–Crippen MR) is 138 cm³/mol. The van der Waals surface area contributed by atoms with E-state index in [-0.39, 0.29) is 10.8 Å². The Morgan fingerprint density at radius 2 is 1.56 bits per heavy atom. The van der Waals surface area contributed by atoms with Crippen molar-refractivity contribution in [2.45, 2.75) is 88.1 Å². The molecule has 0 radical (unpaired) electrons. The molecule has 0 heterocycles. The standard InChI is InChI=1S/C29H36O2S/c1-28(2)15-16-29(3,4)26-18-23(19-32-24-7-5-6-8-24)22(17-25(26)28)14-11-20-9-12-21(13-10-20)27(30)31/h9-14,17-18,24H,5-8,15-16,19H2,1-4H3,(H,30,31). The molecular weight excluding hydrogens is 412 g/mol. The molecule has 4 rings (SSSR count). The fourth-order valence-electron chi connectivity index (χ4n) is 5.14. The molecule has 0 amide bonds. The highest BCUT2D eigenvalue weighted by Crippen LogP contribution is 2.47. The third kappa shape index (κ3) is 4.98. The van der Waals surface area contributed by atoms with Gasteiger partial charge in [0, 0.05) is 11.0 Å². The maximum absolute atomic E-state index is 11.1. The summed E-state index contributed by atoms with van der Waals surface area (Å²) in [6.45, 7) is 9.56. The normalized spacial score (nSPS) is 19.9. The Labute approximate surface area is 197 Å². The van der Waals surface area contributed by atoms with Crippen molar-refractivity contribution >= 4 is 29.9 Å². The van der Waals surface area contributed by atoms with E-state index in [2.05, 4.69) is 63.7 Å². The van der Waals surface area contributed by atoms with Crippen molar-refractivity contribution in [3.8, 4) is 0 Å².